The van der Waals surface area contributed by atoms with Crippen LogP contribution in [0.4, 0.5) is 4.39 Å². The largest absolute Gasteiger partial charge is 0.494 e. The molecule has 0 fully saturated rings. The first-order valence-electron chi connectivity index (χ1n) is 10.7. The number of methoxy groups -OCH3 is 1. The molecule has 0 aromatic heterocycles. The van der Waals surface area contributed by atoms with Crippen LogP contribution in [-0.4, -0.2) is 59.4 Å². The highest BCUT2D eigenvalue weighted by molar-refractivity contribution is 6.43. The van der Waals surface area contributed by atoms with Gasteiger partial charge in [-0.2, -0.15) is 0 Å². The summed E-state index contributed by atoms with van der Waals surface area (Å²) >= 11 is 0. The van der Waals surface area contributed by atoms with Crippen molar-refractivity contribution < 1.29 is 33.8 Å². The molecule has 0 saturated carbocycles. The van der Waals surface area contributed by atoms with Crippen LogP contribution >= 0.6 is 0 Å². The van der Waals surface area contributed by atoms with Gasteiger partial charge >= 0.3 is 7.12 Å². The average Bonchev–Trinajstić information content (AvgIpc) is 2.74. The minimum atomic E-state index is -1.80. The number of halogens is 1. The molecule has 34 heavy (non-hydrogen) atoms. The number of carbonyl (C=O) groups is 2. The highest BCUT2D eigenvalue weighted by Crippen LogP contribution is 2.22. The number of hydrazine groups is 1. The third kappa shape index (κ3) is 10.1. The number of ether oxygens (including phenoxy) is 1. The maximum atomic E-state index is 14.0. The van der Waals surface area contributed by atoms with Gasteiger partial charge in [0.1, 0.15) is 0 Å². The smallest absolute Gasteiger partial charge is 0.475 e. The van der Waals surface area contributed by atoms with E-state index in [-0.39, 0.29) is 43.0 Å². The van der Waals surface area contributed by atoms with E-state index in [0.29, 0.717) is 6.42 Å². The molecule has 0 radical (unpaired) electrons. The molecule has 1 amide bonds. The molecule has 0 aliphatic heterocycles. The van der Waals surface area contributed by atoms with Crippen molar-refractivity contribution in [1.82, 2.24) is 10.7 Å². The van der Waals surface area contributed by atoms with Crippen LogP contribution in [0, 0.1) is 27.8 Å². The fraction of sp³-hybridized carbons (Fsp3) is 0.550. The number of nitrogens with one attached hydrogen (secondary N) is 2. The maximum absolute atomic E-state index is 14.0. The van der Waals surface area contributed by atoms with E-state index in [1.807, 2.05) is 13.8 Å². The van der Waals surface area contributed by atoms with Gasteiger partial charge in [-0.1, -0.05) is 19.3 Å². The molecular formula is C20H31BFN5O7. The van der Waals surface area contributed by atoms with Gasteiger partial charge in [0.05, 0.1) is 13.1 Å². The number of nitro groups is 1. The second-order valence-electron chi connectivity index (χ2n) is 8.11. The second-order valence-corrected chi connectivity index (χ2v) is 8.11. The lowest BCUT2D eigenvalue weighted by atomic mass is 9.74. The van der Waals surface area contributed by atoms with Crippen LogP contribution in [-0.2, 0) is 4.79 Å². The fourth-order valence-electron chi connectivity index (χ4n) is 3.24. The Balaban J connectivity index is 2.96. The van der Waals surface area contributed by atoms with E-state index in [0.717, 1.165) is 6.07 Å². The van der Waals surface area contributed by atoms with Crippen molar-refractivity contribution in [3.8, 4) is 5.75 Å². The van der Waals surface area contributed by atoms with E-state index in [2.05, 4.69) is 10.3 Å². The Bertz CT molecular complexity index is 885. The maximum Gasteiger partial charge on any atom is 0.475 e. The second kappa shape index (κ2) is 14.1. The average molecular weight is 483 g/mol. The lowest BCUT2D eigenvalue weighted by molar-refractivity contribution is -0.525. The minimum absolute atomic E-state index is 0.0295. The molecule has 1 aromatic carbocycles. The van der Waals surface area contributed by atoms with Gasteiger partial charge in [-0.3, -0.25) is 9.59 Å². The zero-order chi connectivity index (χ0) is 25.8. The van der Waals surface area contributed by atoms with Crippen molar-refractivity contribution in [2.24, 2.45) is 22.6 Å². The predicted octanol–water partition coefficient (Wildman–Crippen LogP) is 0.442. The topological polar surface area (TPSA) is 189 Å². The molecule has 2 atom stereocenters. The number of Topliss-reactive ketones (excluding diaryl/α,β-unsaturated/α-hetero) is 1. The number of benzene rings is 1. The molecule has 0 saturated heterocycles. The van der Waals surface area contributed by atoms with E-state index in [9.17, 15) is 34.1 Å². The SMILES string of the molecule is COc1ccc(C(=O)C[C@@H](CCCN=C(N)N[N+](=O)[O-])C(=O)N[C@@H](CC(C)C)B(O)O)cc1F. The number of hydrogen-bond donors (Lipinski definition) is 5. The van der Waals surface area contributed by atoms with Gasteiger partial charge in [-0.05, 0) is 43.4 Å². The molecule has 0 bridgehead atoms. The van der Waals surface area contributed by atoms with Gasteiger partial charge in [0.25, 0.3) is 5.96 Å². The molecule has 0 heterocycles. The number of hydrogen-bond acceptors (Lipinski definition) is 8. The number of rotatable bonds is 14. The van der Waals surface area contributed by atoms with Gasteiger partial charge in [0.15, 0.2) is 22.4 Å². The van der Waals surface area contributed by atoms with Gasteiger partial charge in [0, 0.05) is 24.4 Å². The Morgan fingerprint density at radius 2 is 2.03 bits per heavy atom. The van der Waals surface area contributed by atoms with Crippen molar-refractivity contribution in [2.75, 3.05) is 13.7 Å². The van der Waals surface area contributed by atoms with Gasteiger partial charge in [-0.15, -0.1) is 0 Å². The van der Waals surface area contributed by atoms with Crippen molar-refractivity contribution >= 4 is 24.8 Å². The van der Waals surface area contributed by atoms with Crippen LogP contribution in [0.25, 0.3) is 0 Å². The van der Waals surface area contributed by atoms with Gasteiger partial charge < -0.3 is 25.8 Å². The van der Waals surface area contributed by atoms with E-state index >= 15 is 0 Å². The Morgan fingerprint density at radius 1 is 1.35 bits per heavy atom. The summed E-state index contributed by atoms with van der Waals surface area (Å²) in [6.07, 6.45) is 0.404. The number of ketones is 1. The van der Waals surface area contributed by atoms with E-state index in [1.54, 1.807) is 5.43 Å². The third-order valence-corrected chi connectivity index (χ3v) is 4.89. The standard InChI is InChI=1S/C20H31BFN5O7/c1-12(2)9-18(21(30)31)25-19(29)14(5-4-8-24-20(23)26-27(32)33)11-16(28)13-6-7-17(34-3)15(22)10-13/h6-7,10,12,14,18,30-31H,4-5,8-9,11H2,1-3H3,(H,25,29)(H3,23,24,26)/t14-,18+/m1/s1. The lowest BCUT2D eigenvalue weighted by Crippen LogP contribution is -2.49. The first kappa shape index (κ1) is 28.8. The lowest BCUT2D eigenvalue weighted by Gasteiger charge is -2.23. The molecule has 14 heteroatoms. The van der Waals surface area contributed by atoms with Crippen LogP contribution in [0.15, 0.2) is 23.2 Å². The zero-order valence-corrected chi connectivity index (χ0v) is 19.4. The van der Waals surface area contributed by atoms with Crippen LogP contribution in [0.3, 0.4) is 0 Å². The van der Waals surface area contributed by atoms with Crippen molar-refractivity contribution in [3.05, 3.63) is 39.7 Å². The summed E-state index contributed by atoms with van der Waals surface area (Å²) in [5, 5.41) is 31.3. The zero-order valence-electron chi connectivity index (χ0n) is 19.4. The van der Waals surface area contributed by atoms with E-state index in [4.69, 9.17) is 10.5 Å². The Kier molecular flexibility index (Phi) is 11.9. The normalized spacial score (nSPS) is 13.2. The van der Waals surface area contributed by atoms with Crippen molar-refractivity contribution in [1.29, 1.82) is 0 Å². The summed E-state index contributed by atoms with van der Waals surface area (Å²) in [6.45, 7) is 3.74. The quantitative estimate of drug-likeness (QED) is 0.0476. The Hall–Kier alpha value is -3.26. The van der Waals surface area contributed by atoms with Gasteiger partial charge in [-0.25, -0.2) is 19.5 Å². The van der Waals surface area contributed by atoms with Crippen LogP contribution < -0.4 is 21.2 Å². The molecule has 12 nitrogen and oxygen atoms in total. The molecule has 1 aromatic rings. The summed E-state index contributed by atoms with van der Waals surface area (Å²) in [5.74, 6) is -4.02. The molecule has 188 valence electrons. The van der Waals surface area contributed by atoms with Crippen LogP contribution in [0.2, 0.25) is 0 Å². The fourth-order valence-corrected chi connectivity index (χ4v) is 3.24. The van der Waals surface area contributed by atoms with Crippen LogP contribution in [0.1, 0.15) is 49.9 Å². The number of aliphatic imine (C=N–C) groups is 1. The van der Waals surface area contributed by atoms with Crippen LogP contribution in [0.5, 0.6) is 5.75 Å². The minimum Gasteiger partial charge on any atom is -0.494 e. The summed E-state index contributed by atoms with van der Waals surface area (Å²) in [6, 6.07) is 3.70. The molecule has 0 aliphatic carbocycles. The Labute approximate surface area is 197 Å². The highest BCUT2D eigenvalue weighted by atomic mass is 19.1. The summed E-state index contributed by atoms with van der Waals surface area (Å²) in [5.41, 5.74) is 7.10. The number of nitrogens with two attached hydrogens (primary N) is 1. The van der Waals surface area contributed by atoms with Crippen molar-refractivity contribution in [2.45, 2.75) is 45.5 Å². The third-order valence-electron chi connectivity index (χ3n) is 4.89. The molecule has 0 aliphatic rings. The number of carbonyl (C=O) groups excluding carboxylic acids is 2. The first-order valence-corrected chi connectivity index (χ1v) is 10.7. The number of guanidine groups is 1. The number of amides is 1. The highest BCUT2D eigenvalue weighted by Gasteiger charge is 2.30. The Morgan fingerprint density at radius 3 is 2.56 bits per heavy atom. The summed E-state index contributed by atoms with van der Waals surface area (Å²) in [4.78, 5) is 39.8. The monoisotopic (exact) mass is 483 g/mol. The predicted molar refractivity (Wildman–Crippen MR) is 123 cm³/mol. The van der Waals surface area contributed by atoms with E-state index in [1.165, 1.54) is 19.2 Å². The number of nitrogens with zero attached hydrogens (tertiary/aromatic N) is 2. The summed E-state index contributed by atoms with van der Waals surface area (Å²) in [7, 11) is -0.504. The molecular weight excluding hydrogens is 452 g/mol. The first-order chi connectivity index (χ1) is 15.9. The molecule has 6 N–H and O–H groups in total. The van der Waals surface area contributed by atoms with E-state index < -0.39 is 47.5 Å². The van der Waals surface area contributed by atoms with Gasteiger partial charge in [0.2, 0.25) is 5.91 Å². The van der Waals surface area contributed by atoms with Crippen molar-refractivity contribution in [3.63, 3.8) is 0 Å². The summed E-state index contributed by atoms with van der Waals surface area (Å²) < 4.78 is 18.8. The molecule has 1 rings (SSSR count). The molecule has 0 spiro atoms. The molecule has 0 unspecified atom stereocenters.